The van der Waals surface area contributed by atoms with Gasteiger partial charge in [0.1, 0.15) is 17.5 Å². The number of carbonyl (C=O) groups excluding carboxylic acids is 2. The normalized spacial score (nSPS) is 13.7. The average molecular weight is 480 g/mol. The quantitative estimate of drug-likeness (QED) is 0.418. The Labute approximate surface area is 204 Å². The maximum atomic E-state index is 13.9. The lowest BCUT2D eigenvalue weighted by molar-refractivity contribution is -0.140. The van der Waals surface area contributed by atoms with Crippen LogP contribution < -0.4 is 5.73 Å². The van der Waals surface area contributed by atoms with Gasteiger partial charge >= 0.3 is 0 Å². The number of pyridine rings is 2. The Kier molecular flexibility index (Phi) is 4.82. The van der Waals surface area contributed by atoms with Gasteiger partial charge in [-0.15, -0.1) is 0 Å². The van der Waals surface area contributed by atoms with Gasteiger partial charge in [0.25, 0.3) is 5.91 Å². The van der Waals surface area contributed by atoms with Crippen LogP contribution in [-0.2, 0) is 18.4 Å². The maximum absolute atomic E-state index is 13.9. The number of nitrogens with two attached hydrogens (primary N) is 1. The van der Waals surface area contributed by atoms with Gasteiger partial charge in [-0.3, -0.25) is 19.3 Å². The fraction of sp³-hybridized carbons (Fsp3) is 0.200. The Hall–Kier alpha value is -4.98. The molecule has 0 unspecified atom stereocenters. The first kappa shape index (κ1) is 21.5. The highest BCUT2D eigenvalue weighted by atomic mass is 16.2. The minimum atomic E-state index is -0.325. The van der Waals surface area contributed by atoms with Crippen LogP contribution in [0.4, 0.5) is 5.82 Å². The number of aryl methyl sites for hydroxylation is 1. The first-order chi connectivity index (χ1) is 17.4. The van der Waals surface area contributed by atoms with Crippen molar-refractivity contribution < 1.29 is 9.59 Å². The number of aromatic nitrogens is 5. The topological polar surface area (TPSA) is 138 Å². The largest absolute Gasteiger partial charge is 0.383 e. The molecule has 0 radical (unpaired) electrons. The van der Waals surface area contributed by atoms with Gasteiger partial charge in [0, 0.05) is 43.4 Å². The molecule has 5 heterocycles. The summed E-state index contributed by atoms with van der Waals surface area (Å²) >= 11 is 0. The van der Waals surface area contributed by atoms with Crippen LogP contribution in [0.2, 0.25) is 0 Å². The number of nitrogen functional groups attached to an aromatic ring is 1. The van der Waals surface area contributed by atoms with Crippen molar-refractivity contribution in [3.8, 4) is 6.07 Å². The molecule has 0 saturated carbocycles. The summed E-state index contributed by atoms with van der Waals surface area (Å²) in [5.74, 6) is -0.0578. The van der Waals surface area contributed by atoms with Crippen LogP contribution in [0.25, 0.3) is 27.5 Å². The van der Waals surface area contributed by atoms with E-state index < -0.39 is 0 Å². The van der Waals surface area contributed by atoms with Crippen LogP contribution >= 0.6 is 0 Å². The second kappa shape index (κ2) is 8.06. The zero-order valence-electron chi connectivity index (χ0n) is 19.4. The smallest absolute Gasteiger partial charge is 0.272 e. The standard InChI is InChI=1S/C25H21N9O2/c1-31-23-18-9-16(5-6-20(18)30-24(27)19(23)11-28-31)25(36)34(33-8-2-3-22(33)35)14-17-13-32-12-15(10-26)4-7-21(32)29-17/h4-7,9,11-13H,2-3,8,14H2,1H3,(H2,27,30). The lowest BCUT2D eigenvalue weighted by atomic mass is 10.1. The zero-order chi connectivity index (χ0) is 25.0. The number of amides is 2. The molecule has 5 aromatic rings. The molecular weight excluding hydrogens is 458 g/mol. The van der Waals surface area contributed by atoms with Crippen LogP contribution in [0.3, 0.4) is 0 Å². The third kappa shape index (κ3) is 3.39. The third-order valence-corrected chi connectivity index (χ3v) is 6.47. The molecule has 36 heavy (non-hydrogen) atoms. The van der Waals surface area contributed by atoms with Gasteiger partial charge in [-0.2, -0.15) is 10.4 Å². The zero-order valence-corrected chi connectivity index (χ0v) is 19.4. The summed E-state index contributed by atoms with van der Waals surface area (Å²) in [5.41, 5.74) is 9.70. The van der Waals surface area contributed by atoms with E-state index in [0.717, 1.165) is 10.9 Å². The van der Waals surface area contributed by atoms with Crippen molar-refractivity contribution in [3.63, 3.8) is 0 Å². The van der Waals surface area contributed by atoms with Crippen molar-refractivity contribution in [2.24, 2.45) is 7.05 Å². The van der Waals surface area contributed by atoms with Gasteiger partial charge < -0.3 is 10.1 Å². The number of fused-ring (bicyclic) bond motifs is 4. The second-order valence-corrected chi connectivity index (χ2v) is 8.77. The van der Waals surface area contributed by atoms with E-state index in [2.05, 4.69) is 21.1 Å². The fourth-order valence-corrected chi connectivity index (χ4v) is 4.74. The molecule has 0 aliphatic carbocycles. The molecule has 0 bridgehead atoms. The Morgan fingerprint density at radius 1 is 1.19 bits per heavy atom. The summed E-state index contributed by atoms with van der Waals surface area (Å²) in [7, 11) is 1.81. The van der Waals surface area contributed by atoms with Gasteiger partial charge in [0.2, 0.25) is 5.91 Å². The number of rotatable bonds is 4. The summed E-state index contributed by atoms with van der Waals surface area (Å²) in [5, 5.41) is 17.9. The molecule has 2 amide bonds. The summed E-state index contributed by atoms with van der Waals surface area (Å²) in [6.07, 6.45) is 6.16. The van der Waals surface area contributed by atoms with Crippen LogP contribution in [0, 0.1) is 11.3 Å². The molecule has 178 valence electrons. The lowest BCUT2D eigenvalue weighted by Crippen LogP contribution is -2.46. The Morgan fingerprint density at radius 3 is 2.83 bits per heavy atom. The average Bonchev–Trinajstić information content (AvgIpc) is 3.59. The van der Waals surface area contributed by atoms with Crippen molar-refractivity contribution in [2.75, 3.05) is 12.3 Å². The number of hydrazine groups is 1. The molecule has 11 nitrogen and oxygen atoms in total. The molecule has 1 aromatic carbocycles. The van der Waals surface area contributed by atoms with Crippen LogP contribution in [0.1, 0.15) is 34.5 Å². The van der Waals surface area contributed by atoms with E-state index in [1.807, 2.05) is 7.05 Å². The van der Waals surface area contributed by atoms with E-state index >= 15 is 0 Å². The number of hydrogen-bond acceptors (Lipinski definition) is 7. The highest BCUT2D eigenvalue weighted by Crippen LogP contribution is 2.29. The number of anilines is 1. The SMILES string of the molecule is Cn1ncc2c(N)nc3ccc(C(=O)N(Cc4cn5cc(C#N)ccc5n4)N4CCCC4=O)cc3c21. The monoisotopic (exact) mass is 479 g/mol. The minimum absolute atomic E-state index is 0.104. The molecule has 11 heteroatoms. The van der Waals surface area contributed by atoms with Crippen molar-refractivity contribution in [2.45, 2.75) is 19.4 Å². The van der Waals surface area contributed by atoms with E-state index in [1.165, 1.54) is 10.0 Å². The first-order valence-corrected chi connectivity index (χ1v) is 11.4. The minimum Gasteiger partial charge on any atom is -0.383 e. The summed E-state index contributed by atoms with van der Waals surface area (Å²) in [6.45, 7) is 0.557. The van der Waals surface area contributed by atoms with Crippen LogP contribution in [-0.4, -0.2) is 52.5 Å². The summed E-state index contributed by atoms with van der Waals surface area (Å²) in [6, 6.07) is 10.8. The van der Waals surface area contributed by atoms with Gasteiger partial charge in [0.05, 0.1) is 40.4 Å². The molecule has 0 spiro atoms. The highest BCUT2D eigenvalue weighted by Gasteiger charge is 2.31. The first-order valence-electron chi connectivity index (χ1n) is 11.4. The Balaban J connectivity index is 1.42. The van der Waals surface area contributed by atoms with Gasteiger partial charge in [-0.25, -0.2) is 15.0 Å². The molecule has 1 aliphatic rings. The second-order valence-electron chi connectivity index (χ2n) is 8.77. The fourth-order valence-electron chi connectivity index (χ4n) is 4.74. The van der Waals surface area contributed by atoms with Crippen molar-refractivity contribution in [1.29, 1.82) is 5.26 Å². The van der Waals surface area contributed by atoms with E-state index in [4.69, 9.17) is 5.73 Å². The number of nitriles is 1. The highest BCUT2D eigenvalue weighted by molar-refractivity contribution is 6.10. The van der Waals surface area contributed by atoms with E-state index in [-0.39, 0.29) is 18.4 Å². The summed E-state index contributed by atoms with van der Waals surface area (Å²) < 4.78 is 3.45. The Morgan fingerprint density at radius 2 is 2.06 bits per heavy atom. The van der Waals surface area contributed by atoms with Crippen molar-refractivity contribution in [3.05, 3.63) is 65.7 Å². The van der Waals surface area contributed by atoms with Crippen LogP contribution in [0.5, 0.6) is 0 Å². The maximum Gasteiger partial charge on any atom is 0.272 e. The number of nitrogens with zero attached hydrogens (tertiary/aromatic N) is 8. The van der Waals surface area contributed by atoms with Gasteiger partial charge in [-0.05, 0) is 36.8 Å². The van der Waals surface area contributed by atoms with Crippen molar-refractivity contribution >= 4 is 45.1 Å². The summed E-state index contributed by atoms with van der Waals surface area (Å²) in [4.78, 5) is 35.6. The molecule has 6 rings (SSSR count). The number of hydrogen-bond donors (Lipinski definition) is 1. The number of carbonyl (C=O) groups is 2. The van der Waals surface area contributed by atoms with E-state index in [1.54, 1.807) is 58.0 Å². The molecule has 2 N–H and O–H groups in total. The lowest BCUT2D eigenvalue weighted by Gasteiger charge is -2.31. The number of imidazole rings is 1. The van der Waals surface area contributed by atoms with E-state index in [0.29, 0.717) is 58.6 Å². The molecular formula is C25H21N9O2. The van der Waals surface area contributed by atoms with E-state index in [9.17, 15) is 14.9 Å². The molecule has 1 aliphatic heterocycles. The number of benzene rings is 1. The Bertz CT molecular complexity index is 1740. The molecule has 1 saturated heterocycles. The predicted octanol–water partition coefficient (Wildman–Crippen LogP) is 2.40. The molecule has 0 atom stereocenters. The molecule has 4 aromatic heterocycles. The van der Waals surface area contributed by atoms with Gasteiger partial charge in [-0.1, -0.05) is 0 Å². The third-order valence-electron chi connectivity index (χ3n) is 6.47. The van der Waals surface area contributed by atoms with Crippen molar-refractivity contribution in [1.82, 2.24) is 34.2 Å². The molecule has 1 fully saturated rings. The van der Waals surface area contributed by atoms with Crippen LogP contribution in [0.15, 0.2) is 48.9 Å². The van der Waals surface area contributed by atoms with Gasteiger partial charge in [0.15, 0.2) is 0 Å². The predicted molar refractivity (Wildman–Crippen MR) is 131 cm³/mol.